The molecule has 1 saturated heterocycles. The van der Waals surface area contributed by atoms with Crippen LogP contribution in [0.1, 0.15) is 24.2 Å². The van der Waals surface area contributed by atoms with Crippen LogP contribution in [0.5, 0.6) is 0 Å². The SMILES string of the molecule is C[C@@H]1CN(C(=O)c2cc(F)c(F)c(F)c2)C[C@@H](C)N1. The number of amides is 1. The van der Waals surface area contributed by atoms with Crippen LogP contribution in [0.2, 0.25) is 0 Å². The summed E-state index contributed by atoms with van der Waals surface area (Å²) >= 11 is 0. The number of nitrogens with one attached hydrogen (secondary N) is 1. The molecule has 2 atom stereocenters. The first-order chi connectivity index (χ1) is 8.88. The van der Waals surface area contributed by atoms with Crippen LogP contribution in [0, 0.1) is 17.5 Å². The van der Waals surface area contributed by atoms with E-state index >= 15 is 0 Å². The number of piperazine rings is 1. The molecule has 0 aromatic heterocycles. The number of nitrogens with zero attached hydrogens (tertiary/aromatic N) is 1. The van der Waals surface area contributed by atoms with Crippen LogP contribution in [0.3, 0.4) is 0 Å². The van der Waals surface area contributed by atoms with Crippen LogP contribution in [-0.2, 0) is 0 Å². The molecule has 1 amide bonds. The maximum absolute atomic E-state index is 13.1. The Kier molecular flexibility index (Phi) is 3.80. The average Bonchev–Trinajstić information content (AvgIpc) is 2.33. The molecule has 104 valence electrons. The van der Waals surface area contributed by atoms with Gasteiger partial charge in [0, 0.05) is 30.7 Å². The molecule has 0 saturated carbocycles. The van der Waals surface area contributed by atoms with Gasteiger partial charge in [-0.3, -0.25) is 4.79 Å². The van der Waals surface area contributed by atoms with E-state index in [9.17, 15) is 18.0 Å². The van der Waals surface area contributed by atoms with Gasteiger partial charge in [0.2, 0.25) is 0 Å². The third-order valence-corrected chi connectivity index (χ3v) is 3.08. The lowest BCUT2D eigenvalue weighted by Crippen LogP contribution is -2.55. The molecule has 0 spiro atoms. The molecule has 1 aliphatic heterocycles. The number of halogens is 3. The van der Waals surface area contributed by atoms with Crippen molar-refractivity contribution in [2.75, 3.05) is 13.1 Å². The Labute approximate surface area is 109 Å². The maximum Gasteiger partial charge on any atom is 0.254 e. The molecule has 0 radical (unpaired) electrons. The Bertz CT molecular complexity index is 474. The summed E-state index contributed by atoms with van der Waals surface area (Å²) in [7, 11) is 0. The van der Waals surface area contributed by atoms with Crippen molar-refractivity contribution in [1.82, 2.24) is 10.2 Å². The maximum atomic E-state index is 13.1. The smallest absolute Gasteiger partial charge is 0.254 e. The van der Waals surface area contributed by atoms with E-state index in [2.05, 4.69) is 5.32 Å². The molecule has 6 heteroatoms. The van der Waals surface area contributed by atoms with Gasteiger partial charge < -0.3 is 10.2 Å². The van der Waals surface area contributed by atoms with Gasteiger partial charge >= 0.3 is 0 Å². The Morgan fingerprint density at radius 3 is 2.11 bits per heavy atom. The Balaban J connectivity index is 2.24. The van der Waals surface area contributed by atoms with Crippen molar-refractivity contribution < 1.29 is 18.0 Å². The van der Waals surface area contributed by atoms with Crippen LogP contribution >= 0.6 is 0 Å². The topological polar surface area (TPSA) is 32.3 Å². The zero-order valence-electron chi connectivity index (χ0n) is 10.7. The first-order valence-corrected chi connectivity index (χ1v) is 6.08. The first-order valence-electron chi connectivity index (χ1n) is 6.08. The number of benzene rings is 1. The minimum Gasteiger partial charge on any atom is -0.336 e. The van der Waals surface area contributed by atoms with Gasteiger partial charge in [-0.15, -0.1) is 0 Å². The first kappa shape index (κ1) is 13.9. The van der Waals surface area contributed by atoms with Crippen molar-refractivity contribution in [3.8, 4) is 0 Å². The summed E-state index contributed by atoms with van der Waals surface area (Å²) in [5.74, 6) is -4.74. The summed E-state index contributed by atoms with van der Waals surface area (Å²) in [6, 6.07) is 1.67. The van der Waals surface area contributed by atoms with Gasteiger partial charge in [-0.2, -0.15) is 0 Å². The molecule has 1 fully saturated rings. The summed E-state index contributed by atoms with van der Waals surface area (Å²) in [4.78, 5) is 13.7. The highest BCUT2D eigenvalue weighted by Gasteiger charge is 2.26. The lowest BCUT2D eigenvalue weighted by atomic mass is 10.1. The van der Waals surface area contributed by atoms with Crippen molar-refractivity contribution in [3.63, 3.8) is 0 Å². The Hall–Kier alpha value is -1.56. The fraction of sp³-hybridized carbons (Fsp3) is 0.462. The molecule has 1 heterocycles. The third kappa shape index (κ3) is 2.89. The molecule has 1 aliphatic rings. The fourth-order valence-corrected chi connectivity index (χ4v) is 2.35. The Morgan fingerprint density at radius 2 is 1.63 bits per heavy atom. The minimum atomic E-state index is -1.56. The molecule has 0 bridgehead atoms. The average molecular weight is 272 g/mol. The van der Waals surface area contributed by atoms with Gasteiger partial charge in [-0.05, 0) is 26.0 Å². The molecule has 0 unspecified atom stereocenters. The number of rotatable bonds is 1. The van der Waals surface area contributed by atoms with E-state index in [1.54, 1.807) is 0 Å². The van der Waals surface area contributed by atoms with E-state index in [0.717, 1.165) is 12.1 Å². The number of carbonyl (C=O) groups is 1. The van der Waals surface area contributed by atoms with Gasteiger partial charge in [-0.1, -0.05) is 0 Å². The van der Waals surface area contributed by atoms with E-state index in [1.165, 1.54) is 4.90 Å². The fourth-order valence-electron chi connectivity index (χ4n) is 2.35. The summed E-state index contributed by atoms with van der Waals surface area (Å²) in [6.07, 6.45) is 0. The molecular weight excluding hydrogens is 257 g/mol. The molecule has 0 aliphatic carbocycles. The molecule has 2 rings (SSSR count). The standard InChI is InChI=1S/C13H15F3N2O/c1-7-5-18(6-8(2)17-7)13(19)9-3-10(14)12(16)11(15)4-9/h3-4,7-8,17H,5-6H2,1-2H3/t7-,8-/m1/s1. The normalized spacial score (nSPS) is 23.5. The summed E-state index contributed by atoms with van der Waals surface area (Å²) < 4.78 is 39.1. The van der Waals surface area contributed by atoms with Gasteiger partial charge in [0.15, 0.2) is 17.5 Å². The van der Waals surface area contributed by atoms with E-state index in [0.29, 0.717) is 13.1 Å². The van der Waals surface area contributed by atoms with Crippen molar-refractivity contribution in [3.05, 3.63) is 35.1 Å². The molecular formula is C13H15F3N2O. The van der Waals surface area contributed by atoms with E-state index in [4.69, 9.17) is 0 Å². The zero-order chi connectivity index (χ0) is 14.2. The molecule has 1 aromatic carbocycles. The largest absolute Gasteiger partial charge is 0.336 e. The van der Waals surface area contributed by atoms with Crippen LogP contribution in [-0.4, -0.2) is 36.0 Å². The second kappa shape index (κ2) is 5.21. The minimum absolute atomic E-state index is 0.0999. The summed E-state index contributed by atoms with van der Waals surface area (Å²) in [5, 5.41) is 3.25. The number of carbonyl (C=O) groups excluding carboxylic acids is 1. The number of hydrogen-bond acceptors (Lipinski definition) is 2. The highest BCUT2D eigenvalue weighted by atomic mass is 19.2. The van der Waals surface area contributed by atoms with Gasteiger partial charge in [-0.25, -0.2) is 13.2 Å². The van der Waals surface area contributed by atoms with Crippen LogP contribution in [0.25, 0.3) is 0 Å². The van der Waals surface area contributed by atoms with Crippen molar-refractivity contribution >= 4 is 5.91 Å². The van der Waals surface area contributed by atoms with Gasteiger partial charge in [0.05, 0.1) is 0 Å². The summed E-state index contributed by atoms with van der Waals surface area (Å²) in [5.41, 5.74) is -0.169. The highest BCUT2D eigenvalue weighted by Crippen LogP contribution is 2.16. The van der Waals surface area contributed by atoms with Crippen LogP contribution in [0.15, 0.2) is 12.1 Å². The van der Waals surface area contributed by atoms with Crippen LogP contribution < -0.4 is 5.32 Å². The quantitative estimate of drug-likeness (QED) is 0.792. The predicted octanol–water partition coefficient (Wildman–Crippen LogP) is 1.93. The van der Waals surface area contributed by atoms with Gasteiger partial charge in [0.1, 0.15) is 0 Å². The summed E-state index contributed by atoms with van der Waals surface area (Å²) in [6.45, 7) is 4.73. The van der Waals surface area contributed by atoms with Crippen LogP contribution in [0.4, 0.5) is 13.2 Å². The van der Waals surface area contributed by atoms with Crippen molar-refractivity contribution in [2.45, 2.75) is 25.9 Å². The monoisotopic (exact) mass is 272 g/mol. The molecule has 1 aromatic rings. The lowest BCUT2D eigenvalue weighted by molar-refractivity contribution is 0.0672. The van der Waals surface area contributed by atoms with E-state index in [-0.39, 0.29) is 17.6 Å². The second-order valence-electron chi connectivity index (χ2n) is 4.93. The highest BCUT2D eigenvalue weighted by molar-refractivity contribution is 5.94. The van der Waals surface area contributed by atoms with Crippen molar-refractivity contribution in [1.29, 1.82) is 0 Å². The lowest BCUT2D eigenvalue weighted by Gasteiger charge is -2.36. The van der Waals surface area contributed by atoms with E-state index in [1.807, 2.05) is 13.8 Å². The van der Waals surface area contributed by atoms with Crippen molar-refractivity contribution in [2.24, 2.45) is 0 Å². The van der Waals surface area contributed by atoms with Gasteiger partial charge in [0.25, 0.3) is 5.91 Å². The van der Waals surface area contributed by atoms with E-state index < -0.39 is 23.4 Å². The molecule has 19 heavy (non-hydrogen) atoms. The number of hydrogen-bond donors (Lipinski definition) is 1. The third-order valence-electron chi connectivity index (χ3n) is 3.08. The molecule has 3 nitrogen and oxygen atoms in total. The second-order valence-corrected chi connectivity index (χ2v) is 4.93. The predicted molar refractivity (Wildman–Crippen MR) is 64.3 cm³/mol. The Morgan fingerprint density at radius 1 is 1.16 bits per heavy atom. The molecule has 1 N–H and O–H groups in total. The zero-order valence-corrected chi connectivity index (χ0v) is 10.7.